The number of benzene rings is 1. The van der Waals surface area contributed by atoms with Crippen molar-refractivity contribution in [3.05, 3.63) is 41.6 Å². The summed E-state index contributed by atoms with van der Waals surface area (Å²) < 4.78 is 0. The molecule has 4 aliphatic rings. The highest BCUT2D eigenvalue weighted by molar-refractivity contribution is 6.06. The maximum Gasteiger partial charge on any atom is 0.254 e. The fourth-order valence-corrected chi connectivity index (χ4v) is 4.82. The Morgan fingerprint density at radius 1 is 1.12 bits per heavy atom. The number of hydrogen-bond acceptors (Lipinski definition) is 3. The summed E-state index contributed by atoms with van der Waals surface area (Å²) in [5, 5.41) is 0.990. The second-order valence-electron chi connectivity index (χ2n) is 8.58. The summed E-state index contributed by atoms with van der Waals surface area (Å²) in [6.07, 6.45) is 7.09. The SMILES string of the molecule is Cc1ccc2nccc(C(=O)N3C[C@H]4CC[C@@H](C3)N(CC3CC3)C4)c2c1. The van der Waals surface area contributed by atoms with Crippen LogP contribution in [0.5, 0.6) is 0 Å². The van der Waals surface area contributed by atoms with E-state index in [-0.39, 0.29) is 5.91 Å². The maximum absolute atomic E-state index is 13.4. The average molecular weight is 349 g/mol. The van der Waals surface area contributed by atoms with E-state index in [4.69, 9.17) is 0 Å². The number of amides is 1. The third-order valence-electron chi connectivity index (χ3n) is 6.43. The van der Waals surface area contributed by atoms with E-state index < -0.39 is 0 Å². The highest BCUT2D eigenvalue weighted by atomic mass is 16.2. The van der Waals surface area contributed by atoms with E-state index in [1.807, 2.05) is 12.1 Å². The maximum atomic E-state index is 13.4. The van der Waals surface area contributed by atoms with Crippen LogP contribution in [-0.4, -0.2) is 52.9 Å². The lowest BCUT2D eigenvalue weighted by molar-refractivity contribution is 0.0738. The molecular weight excluding hydrogens is 322 g/mol. The summed E-state index contributed by atoms with van der Waals surface area (Å²) >= 11 is 0. The molecule has 1 saturated carbocycles. The first-order chi connectivity index (χ1) is 12.7. The minimum Gasteiger partial charge on any atom is -0.337 e. The number of carbonyl (C=O) groups excluding carboxylic acids is 1. The van der Waals surface area contributed by atoms with Crippen LogP contribution in [0.3, 0.4) is 0 Å². The molecule has 3 saturated heterocycles. The molecule has 3 aliphatic heterocycles. The number of fused-ring (bicyclic) bond motifs is 5. The van der Waals surface area contributed by atoms with E-state index in [0.29, 0.717) is 12.0 Å². The van der Waals surface area contributed by atoms with Crippen molar-refractivity contribution in [3.63, 3.8) is 0 Å². The van der Waals surface area contributed by atoms with Gasteiger partial charge in [-0.05, 0) is 62.6 Å². The van der Waals surface area contributed by atoms with Crippen LogP contribution in [0.15, 0.2) is 30.5 Å². The van der Waals surface area contributed by atoms with Crippen LogP contribution in [0.2, 0.25) is 0 Å². The normalized spacial score (nSPS) is 26.3. The van der Waals surface area contributed by atoms with Crippen molar-refractivity contribution in [1.29, 1.82) is 0 Å². The first-order valence-corrected chi connectivity index (χ1v) is 10.1. The number of hydrogen-bond donors (Lipinski definition) is 0. The van der Waals surface area contributed by atoms with Crippen LogP contribution in [0, 0.1) is 18.8 Å². The summed E-state index contributed by atoms with van der Waals surface area (Å²) in [6, 6.07) is 8.63. The molecule has 2 aromatic rings. The Balaban J connectivity index is 1.43. The molecule has 136 valence electrons. The standard InChI is InChI=1S/C22H27N3O/c1-15-2-7-21-20(10-15)19(8-9-23-21)22(26)25-13-17-5-6-18(14-25)24(12-17)11-16-3-4-16/h2,7-10,16-18H,3-6,11-14H2,1H3/t17-,18-/m0/s1. The zero-order valence-electron chi connectivity index (χ0n) is 15.5. The smallest absolute Gasteiger partial charge is 0.254 e. The summed E-state index contributed by atoms with van der Waals surface area (Å²) in [4.78, 5) is 22.7. The molecule has 26 heavy (non-hydrogen) atoms. The fourth-order valence-electron chi connectivity index (χ4n) is 4.82. The fraction of sp³-hybridized carbons (Fsp3) is 0.545. The molecule has 4 nitrogen and oxygen atoms in total. The average Bonchev–Trinajstić information content (AvgIpc) is 3.48. The van der Waals surface area contributed by atoms with Crippen LogP contribution in [0.25, 0.3) is 10.9 Å². The van der Waals surface area contributed by atoms with E-state index in [9.17, 15) is 4.79 Å². The number of rotatable bonds is 3. The molecule has 4 fully saturated rings. The van der Waals surface area contributed by atoms with E-state index in [1.165, 1.54) is 44.3 Å². The Bertz CT molecular complexity index is 844. The first-order valence-electron chi connectivity index (χ1n) is 10.1. The van der Waals surface area contributed by atoms with Crippen molar-refractivity contribution in [2.45, 2.75) is 38.6 Å². The Kier molecular flexibility index (Phi) is 3.96. The van der Waals surface area contributed by atoms with E-state index >= 15 is 0 Å². The van der Waals surface area contributed by atoms with E-state index in [0.717, 1.165) is 35.5 Å². The Hall–Kier alpha value is -1.94. The summed E-state index contributed by atoms with van der Waals surface area (Å²) in [7, 11) is 0. The lowest BCUT2D eigenvalue weighted by atomic mass is 9.95. The lowest BCUT2D eigenvalue weighted by Crippen LogP contribution is -2.45. The third kappa shape index (κ3) is 3.01. The van der Waals surface area contributed by atoms with Gasteiger partial charge in [-0.25, -0.2) is 0 Å². The monoisotopic (exact) mass is 349 g/mol. The highest BCUT2D eigenvalue weighted by Gasteiger charge is 2.38. The van der Waals surface area contributed by atoms with Gasteiger partial charge in [0.1, 0.15) is 0 Å². The second kappa shape index (κ2) is 6.34. The molecule has 1 aromatic carbocycles. The highest BCUT2D eigenvalue weighted by Crippen LogP contribution is 2.35. The molecule has 1 amide bonds. The molecule has 4 heteroatoms. The van der Waals surface area contributed by atoms with Gasteiger partial charge in [-0.1, -0.05) is 11.6 Å². The zero-order chi connectivity index (χ0) is 17.7. The van der Waals surface area contributed by atoms with Crippen LogP contribution in [-0.2, 0) is 0 Å². The predicted octanol–water partition coefficient (Wildman–Crippen LogP) is 3.49. The van der Waals surface area contributed by atoms with E-state index in [1.54, 1.807) is 6.20 Å². The molecule has 0 unspecified atom stereocenters. The number of aryl methyl sites for hydroxylation is 1. The van der Waals surface area contributed by atoms with Crippen LogP contribution < -0.4 is 0 Å². The van der Waals surface area contributed by atoms with Gasteiger partial charge in [-0.15, -0.1) is 0 Å². The molecule has 0 spiro atoms. The molecule has 2 bridgehead atoms. The summed E-state index contributed by atoms with van der Waals surface area (Å²) in [5.41, 5.74) is 2.90. The Morgan fingerprint density at radius 3 is 2.85 bits per heavy atom. The van der Waals surface area contributed by atoms with Crippen LogP contribution in [0.1, 0.15) is 41.6 Å². The number of nitrogens with zero attached hydrogens (tertiary/aromatic N) is 3. The van der Waals surface area contributed by atoms with Crippen LogP contribution in [0.4, 0.5) is 0 Å². The van der Waals surface area contributed by atoms with Crippen molar-refractivity contribution in [2.75, 3.05) is 26.2 Å². The number of aromatic nitrogens is 1. The molecular formula is C22H27N3O. The quantitative estimate of drug-likeness (QED) is 0.851. The van der Waals surface area contributed by atoms with Gasteiger partial charge in [-0.2, -0.15) is 0 Å². The summed E-state index contributed by atoms with van der Waals surface area (Å²) in [6.45, 7) is 6.30. The van der Waals surface area contributed by atoms with Gasteiger partial charge in [0.05, 0.1) is 11.1 Å². The molecule has 0 N–H and O–H groups in total. The Labute approximate surface area is 155 Å². The third-order valence-corrected chi connectivity index (χ3v) is 6.43. The molecule has 6 rings (SSSR count). The molecule has 1 aromatic heterocycles. The number of pyridine rings is 1. The van der Waals surface area contributed by atoms with Crippen molar-refractivity contribution in [3.8, 4) is 0 Å². The molecule has 2 atom stereocenters. The van der Waals surface area contributed by atoms with Gasteiger partial charge < -0.3 is 4.90 Å². The van der Waals surface area contributed by atoms with Gasteiger partial charge in [0, 0.05) is 43.8 Å². The van der Waals surface area contributed by atoms with Gasteiger partial charge in [-0.3, -0.25) is 14.7 Å². The minimum atomic E-state index is 0.188. The molecule has 4 heterocycles. The zero-order valence-corrected chi connectivity index (χ0v) is 15.5. The predicted molar refractivity (Wildman–Crippen MR) is 103 cm³/mol. The number of carbonyl (C=O) groups is 1. The van der Waals surface area contributed by atoms with E-state index in [2.05, 4.69) is 33.8 Å². The van der Waals surface area contributed by atoms with Crippen molar-refractivity contribution >= 4 is 16.8 Å². The number of piperidine rings is 1. The topological polar surface area (TPSA) is 36.4 Å². The van der Waals surface area contributed by atoms with Crippen molar-refractivity contribution in [2.24, 2.45) is 11.8 Å². The van der Waals surface area contributed by atoms with Crippen LogP contribution >= 0.6 is 0 Å². The Morgan fingerprint density at radius 2 is 2.00 bits per heavy atom. The van der Waals surface area contributed by atoms with Crippen molar-refractivity contribution < 1.29 is 4.79 Å². The van der Waals surface area contributed by atoms with Gasteiger partial charge in [0.2, 0.25) is 0 Å². The van der Waals surface area contributed by atoms with Gasteiger partial charge >= 0.3 is 0 Å². The first kappa shape index (κ1) is 16.2. The largest absolute Gasteiger partial charge is 0.337 e. The van der Waals surface area contributed by atoms with Crippen molar-refractivity contribution in [1.82, 2.24) is 14.8 Å². The summed E-state index contributed by atoms with van der Waals surface area (Å²) in [5.74, 6) is 1.74. The minimum absolute atomic E-state index is 0.188. The lowest BCUT2D eigenvalue weighted by Gasteiger charge is -2.36. The molecule has 0 radical (unpaired) electrons. The second-order valence-corrected chi connectivity index (χ2v) is 8.58. The molecule has 1 aliphatic carbocycles. The van der Waals surface area contributed by atoms with Gasteiger partial charge in [0.15, 0.2) is 0 Å². The van der Waals surface area contributed by atoms with Gasteiger partial charge in [0.25, 0.3) is 5.91 Å².